The first-order chi connectivity index (χ1) is 8.20. The fourth-order valence-electron chi connectivity index (χ4n) is 1.73. The summed E-state index contributed by atoms with van der Waals surface area (Å²) in [7, 11) is 1.15. The second kappa shape index (κ2) is 4.89. The van der Waals surface area contributed by atoms with Crippen molar-refractivity contribution in [2.45, 2.75) is 25.9 Å². The Labute approximate surface area is 103 Å². The maximum atomic E-state index is 13.4. The average molecular weight is 260 g/mol. The Bertz CT molecular complexity index is 466. The SMILES string of the molecule is COc1c(C(C)(F)F)ccc(C)c1C(O)C(=O)O. The Morgan fingerprint density at radius 1 is 1.44 bits per heavy atom. The van der Waals surface area contributed by atoms with E-state index in [9.17, 15) is 18.7 Å². The van der Waals surface area contributed by atoms with Crippen molar-refractivity contribution in [2.24, 2.45) is 0 Å². The van der Waals surface area contributed by atoms with Crippen molar-refractivity contribution in [3.63, 3.8) is 0 Å². The van der Waals surface area contributed by atoms with E-state index in [0.717, 1.165) is 13.2 Å². The molecule has 1 rings (SSSR count). The van der Waals surface area contributed by atoms with Crippen molar-refractivity contribution in [1.29, 1.82) is 0 Å². The molecule has 100 valence electrons. The van der Waals surface area contributed by atoms with E-state index in [1.165, 1.54) is 13.0 Å². The molecule has 0 fully saturated rings. The summed E-state index contributed by atoms with van der Waals surface area (Å²) >= 11 is 0. The first kappa shape index (κ1) is 14.4. The molecule has 0 aliphatic rings. The number of benzene rings is 1. The lowest BCUT2D eigenvalue weighted by Crippen LogP contribution is -2.17. The van der Waals surface area contributed by atoms with Crippen molar-refractivity contribution in [3.8, 4) is 5.75 Å². The molecule has 2 N–H and O–H groups in total. The van der Waals surface area contributed by atoms with Gasteiger partial charge in [0, 0.05) is 12.5 Å². The molecule has 0 amide bonds. The van der Waals surface area contributed by atoms with Crippen LogP contribution in [0.4, 0.5) is 8.78 Å². The summed E-state index contributed by atoms with van der Waals surface area (Å²) in [6.45, 7) is 2.19. The number of hydrogen-bond donors (Lipinski definition) is 2. The van der Waals surface area contributed by atoms with Crippen LogP contribution in [-0.4, -0.2) is 23.3 Å². The molecule has 4 nitrogen and oxygen atoms in total. The molecular weight excluding hydrogens is 246 g/mol. The molecule has 0 saturated carbocycles. The van der Waals surface area contributed by atoms with Gasteiger partial charge in [-0.25, -0.2) is 13.6 Å². The zero-order valence-electron chi connectivity index (χ0n) is 10.2. The summed E-state index contributed by atoms with van der Waals surface area (Å²) in [5.74, 6) is -5.00. The predicted octanol–water partition coefficient (Wildman–Crippen LogP) is 2.23. The number of carboxylic acids is 1. The molecule has 0 spiro atoms. The smallest absolute Gasteiger partial charge is 0.337 e. The molecule has 6 heteroatoms. The van der Waals surface area contributed by atoms with Crippen LogP contribution >= 0.6 is 0 Å². The van der Waals surface area contributed by atoms with E-state index in [2.05, 4.69) is 0 Å². The Kier molecular flexibility index (Phi) is 3.91. The highest BCUT2D eigenvalue weighted by atomic mass is 19.3. The minimum Gasteiger partial charge on any atom is -0.496 e. The Morgan fingerprint density at radius 2 is 2.00 bits per heavy atom. The van der Waals surface area contributed by atoms with E-state index in [1.807, 2.05) is 0 Å². The van der Waals surface area contributed by atoms with Crippen LogP contribution in [0.5, 0.6) is 5.75 Å². The highest BCUT2D eigenvalue weighted by Crippen LogP contribution is 2.40. The second-order valence-corrected chi connectivity index (χ2v) is 4.01. The normalized spacial score (nSPS) is 13.2. The summed E-state index contributed by atoms with van der Waals surface area (Å²) in [4.78, 5) is 10.8. The highest BCUT2D eigenvalue weighted by Gasteiger charge is 2.33. The molecule has 1 unspecified atom stereocenters. The molecular formula is C12H14F2O4. The quantitative estimate of drug-likeness (QED) is 0.871. The molecule has 1 atom stereocenters. The van der Waals surface area contributed by atoms with Gasteiger partial charge in [-0.2, -0.15) is 0 Å². The van der Waals surface area contributed by atoms with Crippen molar-refractivity contribution in [3.05, 3.63) is 28.8 Å². The molecule has 0 aliphatic heterocycles. The predicted molar refractivity (Wildman–Crippen MR) is 59.9 cm³/mol. The van der Waals surface area contributed by atoms with E-state index in [4.69, 9.17) is 9.84 Å². The maximum absolute atomic E-state index is 13.4. The number of methoxy groups -OCH3 is 1. The third-order valence-electron chi connectivity index (χ3n) is 2.60. The zero-order valence-corrected chi connectivity index (χ0v) is 10.2. The van der Waals surface area contributed by atoms with Crippen LogP contribution in [0.2, 0.25) is 0 Å². The first-order valence-corrected chi connectivity index (χ1v) is 5.16. The van der Waals surface area contributed by atoms with Gasteiger partial charge in [-0.3, -0.25) is 0 Å². The lowest BCUT2D eigenvalue weighted by Gasteiger charge is -2.21. The van der Waals surface area contributed by atoms with Crippen molar-refractivity contribution in [1.82, 2.24) is 0 Å². The molecule has 1 aromatic rings. The lowest BCUT2D eigenvalue weighted by molar-refractivity contribution is -0.147. The summed E-state index contributed by atoms with van der Waals surface area (Å²) < 4.78 is 31.6. The molecule has 0 saturated heterocycles. The number of carboxylic acid groups (broad SMARTS) is 1. The number of aliphatic hydroxyl groups excluding tert-OH is 1. The van der Waals surface area contributed by atoms with Crippen LogP contribution in [0, 0.1) is 6.92 Å². The number of rotatable bonds is 4. The van der Waals surface area contributed by atoms with E-state index >= 15 is 0 Å². The van der Waals surface area contributed by atoms with Gasteiger partial charge in [0.25, 0.3) is 5.92 Å². The lowest BCUT2D eigenvalue weighted by atomic mass is 9.96. The molecule has 1 aromatic carbocycles. The van der Waals surface area contributed by atoms with Gasteiger partial charge in [0.15, 0.2) is 6.10 Å². The van der Waals surface area contributed by atoms with Crippen LogP contribution in [0.25, 0.3) is 0 Å². The summed E-state index contributed by atoms with van der Waals surface area (Å²) in [6.07, 6.45) is -1.90. The summed E-state index contributed by atoms with van der Waals surface area (Å²) in [5.41, 5.74) is -0.232. The molecule has 0 aliphatic carbocycles. The Hall–Kier alpha value is -1.69. The summed E-state index contributed by atoms with van der Waals surface area (Å²) in [6, 6.07) is 2.49. The maximum Gasteiger partial charge on any atom is 0.337 e. The molecule has 0 bridgehead atoms. The van der Waals surface area contributed by atoms with Gasteiger partial charge >= 0.3 is 5.97 Å². The molecule has 0 heterocycles. The standard InChI is InChI=1S/C12H14F2O4/c1-6-4-5-7(12(2,13)14)10(18-3)8(6)9(15)11(16)17/h4-5,9,15H,1-3H3,(H,16,17). The Morgan fingerprint density at radius 3 is 2.39 bits per heavy atom. The van der Waals surface area contributed by atoms with E-state index in [0.29, 0.717) is 12.5 Å². The van der Waals surface area contributed by atoms with Gasteiger partial charge in [0.05, 0.1) is 12.7 Å². The van der Waals surface area contributed by atoms with Crippen molar-refractivity contribution in [2.75, 3.05) is 7.11 Å². The van der Waals surface area contributed by atoms with Gasteiger partial charge in [-0.05, 0) is 18.6 Å². The number of aryl methyl sites for hydroxylation is 1. The average Bonchev–Trinajstić information content (AvgIpc) is 2.25. The number of halogens is 2. The number of carbonyl (C=O) groups is 1. The van der Waals surface area contributed by atoms with Crippen LogP contribution in [0.15, 0.2) is 12.1 Å². The van der Waals surface area contributed by atoms with Crippen molar-refractivity contribution < 1.29 is 28.5 Å². The van der Waals surface area contributed by atoms with Gasteiger partial charge in [0.2, 0.25) is 0 Å². The fraction of sp³-hybridized carbons (Fsp3) is 0.417. The molecule has 0 radical (unpaired) electrons. The second-order valence-electron chi connectivity index (χ2n) is 4.01. The van der Waals surface area contributed by atoms with Crippen LogP contribution in [-0.2, 0) is 10.7 Å². The van der Waals surface area contributed by atoms with Gasteiger partial charge in [-0.15, -0.1) is 0 Å². The van der Waals surface area contributed by atoms with Crippen LogP contribution in [0.3, 0.4) is 0 Å². The van der Waals surface area contributed by atoms with E-state index < -0.39 is 23.6 Å². The van der Waals surface area contributed by atoms with E-state index in [1.54, 1.807) is 0 Å². The number of ether oxygens (including phenoxy) is 1. The molecule has 0 aromatic heterocycles. The summed E-state index contributed by atoms with van der Waals surface area (Å²) in [5, 5.41) is 18.3. The minimum absolute atomic E-state index is 0.149. The third-order valence-corrected chi connectivity index (χ3v) is 2.60. The highest BCUT2D eigenvalue weighted by molar-refractivity contribution is 5.76. The fourth-order valence-corrected chi connectivity index (χ4v) is 1.73. The number of hydrogen-bond acceptors (Lipinski definition) is 3. The topological polar surface area (TPSA) is 66.8 Å². The number of aliphatic hydroxyl groups is 1. The van der Waals surface area contributed by atoms with Gasteiger partial charge < -0.3 is 14.9 Å². The minimum atomic E-state index is -3.19. The van der Waals surface area contributed by atoms with Crippen LogP contribution in [0.1, 0.15) is 29.7 Å². The first-order valence-electron chi connectivity index (χ1n) is 5.16. The number of aliphatic carboxylic acids is 1. The van der Waals surface area contributed by atoms with Crippen molar-refractivity contribution >= 4 is 5.97 Å². The van der Waals surface area contributed by atoms with Crippen LogP contribution < -0.4 is 4.74 Å². The van der Waals surface area contributed by atoms with Gasteiger partial charge in [-0.1, -0.05) is 6.07 Å². The van der Waals surface area contributed by atoms with E-state index in [-0.39, 0.29) is 11.3 Å². The third kappa shape index (κ3) is 2.59. The molecule has 18 heavy (non-hydrogen) atoms. The largest absolute Gasteiger partial charge is 0.496 e. The van der Waals surface area contributed by atoms with Gasteiger partial charge in [0.1, 0.15) is 5.75 Å². The number of alkyl halides is 2. The zero-order chi connectivity index (χ0) is 14.1. The Balaban J connectivity index is 3.54. The monoisotopic (exact) mass is 260 g/mol.